The smallest absolute Gasteiger partial charge is 0.282 e. The molecule has 1 saturated heterocycles. The van der Waals surface area contributed by atoms with E-state index in [1.807, 2.05) is 0 Å². The number of amides is 3. The summed E-state index contributed by atoms with van der Waals surface area (Å²) in [5.41, 5.74) is 0.0987. The molecule has 0 radical (unpaired) electrons. The monoisotopic (exact) mass is 272 g/mol. The van der Waals surface area contributed by atoms with Gasteiger partial charge in [-0.25, -0.2) is 9.18 Å². The maximum atomic E-state index is 13.4. The van der Waals surface area contributed by atoms with Gasteiger partial charge in [-0.3, -0.25) is 15.0 Å². The zero-order chi connectivity index (χ0) is 11.0. The standard InChI is InChI=1S/C9H6BrFN2O2/c10-5-1-2-7(6(11)3-5)13-4-8(14)12-9(13)15/h1-3H,4H2,(H,12,14,15). The Morgan fingerprint density at radius 1 is 1.40 bits per heavy atom. The molecule has 0 aromatic heterocycles. The summed E-state index contributed by atoms with van der Waals surface area (Å²) in [4.78, 5) is 23.2. The largest absolute Gasteiger partial charge is 0.329 e. The van der Waals surface area contributed by atoms with Crippen molar-refractivity contribution < 1.29 is 14.0 Å². The van der Waals surface area contributed by atoms with Crippen molar-refractivity contribution in [2.45, 2.75) is 0 Å². The molecule has 1 fully saturated rings. The number of benzene rings is 1. The first kappa shape index (κ1) is 10.1. The van der Waals surface area contributed by atoms with Gasteiger partial charge < -0.3 is 0 Å². The van der Waals surface area contributed by atoms with E-state index in [1.54, 1.807) is 6.07 Å². The molecule has 0 atom stereocenters. The number of urea groups is 1. The Morgan fingerprint density at radius 3 is 2.67 bits per heavy atom. The van der Waals surface area contributed by atoms with Gasteiger partial charge in [-0.2, -0.15) is 0 Å². The Kier molecular flexibility index (Phi) is 2.44. The van der Waals surface area contributed by atoms with E-state index in [9.17, 15) is 14.0 Å². The highest BCUT2D eigenvalue weighted by Crippen LogP contribution is 2.24. The fourth-order valence-electron chi connectivity index (χ4n) is 1.34. The summed E-state index contributed by atoms with van der Waals surface area (Å²) in [5, 5.41) is 2.08. The molecule has 4 nitrogen and oxygen atoms in total. The van der Waals surface area contributed by atoms with Crippen LogP contribution in [0.5, 0.6) is 0 Å². The zero-order valence-electron chi connectivity index (χ0n) is 7.46. The molecule has 0 saturated carbocycles. The molecule has 0 aliphatic carbocycles. The van der Waals surface area contributed by atoms with Gasteiger partial charge in [0.05, 0.1) is 5.69 Å². The quantitative estimate of drug-likeness (QED) is 0.791. The molecule has 3 amide bonds. The van der Waals surface area contributed by atoms with Crippen LogP contribution in [0.3, 0.4) is 0 Å². The zero-order valence-corrected chi connectivity index (χ0v) is 9.04. The number of imide groups is 1. The number of nitrogens with one attached hydrogen (secondary N) is 1. The minimum absolute atomic E-state index is 0.0987. The molecule has 1 aromatic carbocycles. The van der Waals surface area contributed by atoms with Gasteiger partial charge in [-0.05, 0) is 18.2 Å². The number of rotatable bonds is 1. The lowest BCUT2D eigenvalue weighted by Gasteiger charge is -2.13. The number of hydrogen-bond acceptors (Lipinski definition) is 2. The molecule has 1 aliphatic rings. The van der Waals surface area contributed by atoms with Crippen molar-refractivity contribution in [3.05, 3.63) is 28.5 Å². The maximum Gasteiger partial charge on any atom is 0.329 e. The Morgan fingerprint density at radius 2 is 2.13 bits per heavy atom. The van der Waals surface area contributed by atoms with Crippen molar-refractivity contribution in [2.24, 2.45) is 0 Å². The molecule has 0 bridgehead atoms. The second-order valence-corrected chi connectivity index (χ2v) is 3.95. The van der Waals surface area contributed by atoms with Crippen LogP contribution in [0.25, 0.3) is 0 Å². The molecule has 0 spiro atoms. The summed E-state index contributed by atoms with van der Waals surface area (Å²) in [7, 11) is 0. The lowest BCUT2D eigenvalue weighted by Crippen LogP contribution is -2.28. The van der Waals surface area contributed by atoms with Crippen molar-refractivity contribution in [1.29, 1.82) is 0 Å². The lowest BCUT2D eigenvalue weighted by molar-refractivity contribution is -0.117. The third-order valence-electron chi connectivity index (χ3n) is 1.99. The number of anilines is 1. The Labute approximate surface area is 93.2 Å². The van der Waals surface area contributed by atoms with E-state index in [0.29, 0.717) is 4.47 Å². The van der Waals surface area contributed by atoms with Crippen molar-refractivity contribution in [1.82, 2.24) is 5.32 Å². The summed E-state index contributed by atoms with van der Waals surface area (Å²) in [5.74, 6) is -0.975. The van der Waals surface area contributed by atoms with Crippen molar-refractivity contribution in [3.63, 3.8) is 0 Å². The highest BCUT2D eigenvalue weighted by molar-refractivity contribution is 9.10. The minimum atomic E-state index is -0.596. The molecular formula is C9H6BrFN2O2. The maximum absolute atomic E-state index is 13.4. The van der Waals surface area contributed by atoms with Gasteiger partial charge in [0.15, 0.2) is 0 Å². The van der Waals surface area contributed by atoms with Crippen LogP contribution in [-0.2, 0) is 4.79 Å². The Bertz CT molecular complexity index is 450. The van der Waals surface area contributed by atoms with E-state index in [4.69, 9.17) is 0 Å². The predicted octanol–water partition coefficient (Wildman–Crippen LogP) is 1.64. The predicted molar refractivity (Wildman–Crippen MR) is 55.0 cm³/mol. The van der Waals surface area contributed by atoms with Crippen molar-refractivity contribution >= 4 is 33.6 Å². The number of hydrogen-bond donors (Lipinski definition) is 1. The van der Waals surface area contributed by atoms with Crippen LogP contribution in [0.1, 0.15) is 0 Å². The van der Waals surface area contributed by atoms with Crippen LogP contribution in [0, 0.1) is 5.82 Å². The Hall–Kier alpha value is -1.43. The van der Waals surface area contributed by atoms with Crippen LogP contribution in [0.4, 0.5) is 14.9 Å². The topological polar surface area (TPSA) is 49.4 Å². The molecule has 6 heteroatoms. The van der Waals surface area contributed by atoms with Gasteiger partial charge in [-0.15, -0.1) is 0 Å². The second-order valence-electron chi connectivity index (χ2n) is 3.04. The third-order valence-corrected chi connectivity index (χ3v) is 2.49. The molecule has 78 valence electrons. The molecule has 2 rings (SSSR count). The fourth-order valence-corrected chi connectivity index (χ4v) is 1.67. The van der Waals surface area contributed by atoms with Gasteiger partial charge in [0.1, 0.15) is 12.4 Å². The van der Waals surface area contributed by atoms with E-state index in [-0.39, 0.29) is 12.2 Å². The third kappa shape index (κ3) is 1.85. The SMILES string of the molecule is O=C1CN(c2ccc(Br)cc2F)C(=O)N1. The first-order valence-electron chi connectivity index (χ1n) is 4.14. The minimum Gasteiger partial charge on any atom is -0.282 e. The molecule has 15 heavy (non-hydrogen) atoms. The number of carbonyl (C=O) groups excluding carboxylic acids is 2. The van der Waals surface area contributed by atoms with E-state index < -0.39 is 17.8 Å². The summed E-state index contributed by atoms with van der Waals surface area (Å²) < 4.78 is 14.0. The first-order valence-corrected chi connectivity index (χ1v) is 4.93. The van der Waals surface area contributed by atoms with Gasteiger partial charge >= 0.3 is 6.03 Å². The number of halogens is 2. The highest BCUT2D eigenvalue weighted by Gasteiger charge is 2.29. The van der Waals surface area contributed by atoms with E-state index in [0.717, 1.165) is 4.90 Å². The average Bonchev–Trinajstić information content (AvgIpc) is 2.45. The van der Waals surface area contributed by atoms with Gasteiger partial charge in [0.2, 0.25) is 5.91 Å². The molecule has 1 N–H and O–H groups in total. The summed E-state index contributed by atoms with van der Waals surface area (Å²) in [6, 6.07) is 3.69. The van der Waals surface area contributed by atoms with Crippen molar-refractivity contribution in [3.8, 4) is 0 Å². The lowest BCUT2D eigenvalue weighted by atomic mass is 10.3. The summed E-state index contributed by atoms with van der Waals surface area (Å²) in [6.07, 6.45) is 0. The summed E-state index contributed by atoms with van der Waals surface area (Å²) in [6.45, 7) is -0.141. The first-order chi connectivity index (χ1) is 7.08. The molecule has 0 unspecified atom stereocenters. The molecule has 1 heterocycles. The number of nitrogens with zero attached hydrogens (tertiary/aromatic N) is 1. The van der Waals surface area contributed by atoms with Crippen LogP contribution in [0.15, 0.2) is 22.7 Å². The second kappa shape index (κ2) is 3.62. The van der Waals surface area contributed by atoms with E-state index in [2.05, 4.69) is 21.2 Å². The molecule has 1 aromatic rings. The van der Waals surface area contributed by atoms with Crippen LogP contribution in [-0.4, -0.2) is 18.5 Å². The normalized spacial score (nSPS) is 15.7. The van der Waals surface area contributed by atoms with E-state index >= 15 is 0 Å². The molecule has 1 aliphatic heterocycles. The van der Waals surface area contributed by atoms with Crippen LogP contribution < -0.4 is 10.2 Å². The fraction of sp³-hybridized carbons (Fsp3) is 0.111. The highest BCUT2D eigenvalue weighted by atomic mass is 79.9. The molecular weight excluding hydrogens is 267 g/mol. The van der Waals surface area contributed by atoms with Gasteiger partial charge in [0.25, 0.3) is 0 Å². The van der Waals surface area contributed by atoms with Gasteiger partial charge in [0, 0.05) is 4.47 Å². The number of carbonyl (C=O) groups is 2. The van der Waals surface area contributed by atoms with Gasteiger partial charge in [-0.1, -0.05) is 15.9 Å². The van der Waals surface area contributed by atoms with E-state index in [1.165, 1.54) is 12.1 Å². The Balaban J connectivity index is 2.38. The van der Waals surface area contributed by atoms with Crippen LogP contribution >= 0.6 is 15.9 Å². The average molecular weight is 273 g/mol. The van der Waals surface area contributed by atoms with Crippen molar-refractivity contribution in [2.75, 3.05) is 11.4 Å². The summed E-state index contributed by atoms with van der Waals surface area (Å²) >= 11 is 3.11. The van der Waals surface area contributed by atoms with Crippen LogP contribution in [0.2, 0.25) is 0 Å².